The van der Waals surface area contributed by atoms with E-state index in [0.717, 1.165) is 11.3 Å². The molecular weight excluding hydrogens is 478 g/mol. The number of carboxylic acid groups (broad SMARTS) is 1. The van der Waals surface area contributed by atoms with Crippen LogP contribution in [0.1, 0.15) is 31.4 Å². The van der Waals surface area contributed by atoms with Crippen molar-refractivity contribution in [2.24, 2.45) is 11.1 Å². The van der Waals surface area contributed by atoms with Crippen molar-refractivity contribution in [3.63, 3.8) is 0 Å². The average molecular weight is 497 g/mol. The molecular formula is C14H19Cl2N4NaO6S2. The normalized spacial score (nSPS) is 19.2. The van der Waals surface area contributed by atoms with Gasteiger partial charge in [0.15, 0.2) is 10.8 Å². The van der Waals surface area contributed by atoms with Gasteiger partial charge in [0, 0.05) is 46.8 Å². The van der Waals surface area contributed by atoms with Gasteiger partial charge in [0.1, 0.15) is 11.8 Å². The Labute approximate surface area is 203 Å². The molecule has 0 radical (unpaired) electrons. The van der Waals surface area contributed by atoms with Gasteiger partial charge in [-0.15, -0.1) is 11.3 Å². The van der Waals surface area contributed by atoms with Crippen LogP contribution >= 0.6 is 32.7 Å². The Morgan fingerprint density at radius 3 is 2.21 bits per heavy atom. The SMILES string of the molecule is CN(C)C(=O)C1CCC(ON=C(C(=O)[O-])c2csc(N)n2)CC1.O=S(=O)(Cl)Cl.[Na+]. The first-order valence-electron chi connectivity index (χ1n) is 7.90. The van der Waals surface area contributed by atoms with Crippen molar-refractivity contribution in [2.45, 2.75) is 31.8 Å². The van der Waals surface area contributed by atoms with Crippen LogP contribution in [0.3, 0.4) is 0 Å². The van der Waals surface area contributed by atoms with Gasteiger partial charge in [-0.2, -0.15) is 8.42 Å². The second-order valence-corrected chi connectivity index (χ2v) is 10.5. The molecule has 1 saturated carbocycles. The molecule has 0 unspecified atom stereocenters. The minimum atomic E-state index is -3.72. The molecule has 0 aromatic carbocycles. The Kier molecular flexibility index (Phi) is 12.6. The molecule has 1 fully saturated rings. The molecule has 15 heteroatoms. The Bertz CT molecular complexity index is 818. The monoisotopic (exact) mass is 496 g/mol. The number of nitrogens with zero attached hydrogens (tertiary/aromatic N) is 3. The van der Waals surface area contributed by atoms with Crippen molar-refractivity contribution in [1.82, 2.24) is 9.88 Å². The summed E-state index contributed by atoms with van der Waals surface area (Å²) in [5.74, 6) is -1.36. The number of carboxylic acids is 1. The van der Waals surface area contributed by atoms with Crippen LogP contribution in [0.2, 0.25) is 0 Å². The number of rotatable bonds is 5. The second-order valence-electron chi connectivity index (χ2n) is 5.99. The van der Waals surface area contributed by atoms with E-state index in [1.165, 1.54) is 5.38 Å². The number of thiazole rings is 1. The minimum absolute atomic E-state index is 0. The quantitative estimate of drug-likeness (QED) is 0.204. The van der Waals surface area contributed by atoms with Crippen molar-refractivity contribution in [1.29, 1.82) is 0 Å². The van der Waals surface area contributed by atoms with E-state index in [9.17, 15) is 14.7 Å². The number of amides is 1. The van der Waals surface area contributed by atoms with Gasteiger partial charge < -0.3 is 25.4 Å². The molecule has 158 valence electrons. The molecule has 29 heavy (non-hydrogen) atoms. The third-order valence-corrected chi connectivity index (χ3v) is 4.39. The maximum atomic E-state index is 11.9. The van der Waals surface area contributed by atoms with E-state index in [0.29, 0.717) is 25.7 Å². The van der Waals surface area contributed by atoms with Crippen LogP contribution < -0.4 is 40.4 Å². The molecule has 2 N–H and O–H groups in total. The number of anilines is 1. The topological polar surface area (TPSA) is 155 Å². The van der Waals surface area contributed by atoms with Gasteiger partial charge in [0.2, 0.25) is 5.91 Å². The summed E-state index contributed by atoms with van der Waals surface area (Å²) in [4.78, 5) is 33.8. The molecule has 0 saturated heterocycles. The summed E-state index contributed by atoms with van der Waals surface area (Å²) in [7, 11) is 8.29. The van der Waals surface area contributed by atoms with E-state index in [4.69, 9.17) is 19.0 Å². The summed E-state index contributed by atoms with van der Waals surface area (Å²) in [5, 5.41) is 16.6. The second kappa shape index (κ2) is 12.9. The average Bonchev–Trinajstić information content (AvgIpc) is 2.99. The number of nitrogen functional groups attached to an aromatic ring is 1. The molecule has 1 aromatic heterocycles. The fourth-order valence-electron chi connectivity index (χ4n) is 2.49. The molecule has 1 aromatic rings. The van der Waals surface area contributed by atoms with Crippen LogP contribution in [0.25, 0.3) is 0 Å². The first-order chi connectivity index (χ1) is 12.9. The molecule has 10 nitrogen and oxygen atoms in total. The van der Waals surface area contributed by atoms with Crippen molar-refractivity contribution in [2.75, 3.05) is 19.8 Å². The third-order valence-electron chi connectivity index (χ3n) is 3.72. The van der Waals surface area contributed by atoms with Crippen LogP contribution in [0.5, 0.6) is 0 Å². The Hall–Kier alpha value is -0.630. The number of carbonyl (C=O) groups is 2. The molecule has 1 aliphatic carbocycles. The Balaban J connectivity index is 0.00000117. The molecule has 1 aliphatic rings. The number of nitrogens with two attached hydrogens (primary N) is 1. The summed E-state index contributed by atoms with van der Waals surface area (Å²) < 4.78 is 18.3. The van der Waals surface area contributed by atoms with E-state index in [1.807, 2.05) is 0 Å². The number of aromatic nitrogens is 1. The summed E-state index contributed by atoms with van der Waals surface area (Å²) >= 11 is 1.11. The molecule has 1 heterocycles. The molecule has 1 amide bonds. The van der Waals surface area contributed by atoms with Gasteiger partial charge in [-0.05, 0) is 25.7 Å². The van der Waals surface area contributed by atoms with Crippen molar-refractivity contribution in [3.8, 4) is 0 Å². The van der Waals surface area contributed by atoms with Crippen molar-refractivity contribution >= 4 is 63.7 Å². The summed E-state index contributed by atoms with van der Waals surface area (Å²) in [6.45, 7) is 0. The molecule has 0 aliphatic heterocycles. The zero-order valence-electron chi connectivity index (χ0n) is 16.0. The molecule has 0 atom stereocenters. The number of halogens is 2. The Morgan fingerprint density at radius 1 is 1.31 bits per heavy atom. The number of aliphatic carboxylic acids is 1. The van der Waals surface area contributed by atoms with Gasteiger partial charge >= 0.3 is 37.8 Å². The van der Waals surface area contributed by atoms with E-state index >= 15 is 0 Å². The van der Waals surface area contributed by atoms with Crippen molar-refractivity contribution < 1.29 is 57.5 Å². The van der Waals surface area contributed by atoms with Gasteiger partial charge in [-0.3, -0.25) is 4.79 Å². The molecule has 0 spiro atoms. The molecule has 0 bridgehead atoms. The third kappa shape index (κ3) is 11.4. The summed E-state index contributed by atoms with van der Waals surface area (Å²) in [6.07, 6.45) is 2.47. The maximum Gasteiger partial charge on any atom is 1.00 e. The smallest absolute Gasteiger partial charge is 0.543 e. The van der Waals surface area contributed by atoms with E-state index in [2.05, 4.69) is 31.5 Å². The number of oxime groups is 1. The van der Waals surface area contributed by atoms with Crippen LogP contribution in [0, 0.1) is 5.92 Å². The van der Waals surface area contributed by atoms with Crippen LogP contribution in [0.4, 0.5) is 5.13 Å². The first kappa shape index (κ1) is 28.4. The summed E-state index contributed by atoms with van der Waals surface area (Å²) in [6, 6.07) is 0. The fourth-order valence-corrected chi connectivity index (χ4v) is 3.04. The van der Waals surface area contributed by atoms with Crippen LogP contribution in [-0.2, 0) is 22.7 Å². The van der Waals surface area contributed by atoms with E-state index in [1.54, 1.807) is 19.0 Å². The number of hydrogen-bond donors (Lipinski definition) is 1. The maximum absolute atomic E-state index is 11.9. The first-order valence-corrected chi connectivity index (χ1v) is 11.9. The van der Waals surface area contributed by atoms with Crippen LogP contribution in [0.15, 0.2) is 10.5 Å². The van der Waals surface area contributed by atoms with Gasteiger partial charge in [0.25, 0.3) is 0 Å². The van der Waals surface area contributed by atoms with E-state index in [-0.39, 0.29) is 64.0 Å². The predicted molar refractivity (Wildman–Crippen MR) is 104 cm³/mol. The largest absolute Gasteiger partial charge is 1.00 e. The van der Waals surface area contributed by atoms with Crippen LogP contribution in [-0.4, -0.2) is 56.1 Å². The number of carbonyl (C=O) groups excluding carboxylic acids is 2. The van der Waals surface area contributed by atoms with Gasteiger partial charge in [0.05, 0.1) is 5.97 Å². The van der Waals surface area contributed by atoms with Crippen molar-refractivity contribution in [3.05, 3.63) is 11.1 Å². The predicted octanol–water partition coefficient (Wildman–Crippen LogP) is -2.44. The van der Waals surface area contributed by atoms with E-state index < -0.39 is 14.2 Å². The zero-order chi connectivity index (χ0) is 21.5. The minimum Gasteiger partial charge on any atom is -0.543 e. The number of hydrogen-bond acceptors (Lipinski definition) is 10. The standard InChI is InChI=1S/C14H20N4O4S.Cl2O2S.Na/c1-18(2)12(19)8-3-5-9(6-4-8)22-17-11(13(20)21)10-7-23-14(15)16-10;1-5(2,3)4;/h7-9H,3-6H2,1-2H3,(H2,15,16)(H,20,21);;/q;;+1/p-1. The Morgan fingerprint density at radius 2 is 1.83 bits per heavy atom. The molecule has 2 rings (SSSR count). The van der Waals surface area contributed by atoms with Gasteiger partial charge in [-0.25, -0.2) is 4.98 Å². The van der Waals surface area contributed by atoms with Gasteiger partial charge in [-0.1, -0.05) is 5.16 Å². The fraction of sp³-hybridized carbons (Fsp3) is 0.571. The zero-order valence-corrected chi connectivity index (χ0v) is 21.1. The summed E-state index contributed by atoms with van der Waals surface area (Å²) in [5.41, 5.74) is 5.24.